The van der Waals surface area contributed by atoms with E-state index in [9.17, 15) is 0 Å². The molecule has 4 nitrogen and oxygen atoms in total. The number of rotatable bonds is 6. The molecule has 2 aromatic rings. The van der Waals surface area contributed by atoms with Gasteiger partial charge in [0.2, 0.25) is 0 Å². The van der Waals surface area contributed by atoms with Crippen LogP contribution in [0.4, 0.5) is 0 Å². The van der Waals surface area contributed by atoms with Gasteiger partial charge in [0.05, 0.1) is 0 Å². The first-order chi connectivity index (χ1) is 9.54. The van der Waals surface area contributed by atoms with Crippen molar-refractivity contribution in [2.45, 2.75) is 46.2 Å². The van der Waals surface area contributed by atoms with Crippen LogP contribution in [0.2, 0.25) is 0 Å². The molecule has 0 amide bonds. The maximum atomic E-state index is 6.27. The summed E-state index contributed by atoms with van der Waals surface area (Å²) in [5, 5.41) is 4.28. The lowest BCUT2D eigenvalue weighted by atomic mass is 10.0. The molecule has 0 aliphatic heterocycles. The topological polar surface area (TPSA) is 56.7 Å². The molecule has 1 heterocycles. The van der Waals surface area contributed by atoms with Gasteiger partial charge in [-0.3, -0.25) is 0 Å². The van der Waals surface area contributed by atoms with Crippen LogP contribution in [0, 0.1) is 12.8 Å². The number of aromatic nitrogens is 3. The highest BCUT2D eigenvalue weighted by Crippen LogP contribution is 2.09. The van der Waals surface area contributed by atoms with Crippen molar-refractivity contribution >= 4 is 0 Å². The van der Waals surface area contributed by atoms with E-state index in [1.807, 2.05) is 4.68 Å². The van der Waals surface area contributed by atoms with E-state index in [1.165, 1.54) is 11.1 Å². The SMILES string of the molecule is Cc1cccc(CC(N)Cc2ncnn2CC(C)C)c1. The molecule has 1 atom stereocenters. The Morgan fingerprint density at radius 2 is 2.05 bits per heavy atom. The maximum Gasteiger partial charge on any atom is 0.138 e. The van der Waals surface area contributed by atoms with Crippen molar-refractivity contribution in [1.82, 2.24) is 14.8 Å². The van der Waals surface area contributed by atoms with Gasteiger partial charge in [0.25, 0.3) is 0 Å². The summed E-state index contributed by atoms with van der Waals surface area (Å²) in [5.41, 5.74) is 8.83. The highest BCUT2D eigenvalue weighted by atomic mass is 15.3. The van der Waals surface area contributed by atoms with Crippen LogP contribution in [0.3, 0.4) is 0 Å². The Kier molecular flexibility index (Phi) is 4.90. The van der Waals surface area contributed by atoms with Gasteiger partial charge in [-0.1, -0.05) is 43.7 Å². The van der Waals surface area contributed by atoms with E-state index >= 15 is 0 Å². The Hall–Kier alpha value is -1.68. The summed E-state index contributed by atoms with van der Waals surface area (Å²) in [6.45, 7) is 7.36. The Bertz CT molecular complexity index is 545. The van der Waals surface area contributed by atoms with E-state index in [4.69, 9.17) is 5.73 Å². The van der Waals surface area contributed by atoms with E-state index in [2.05, 4.69) is 55.1 Å². The summed E-state index contributed by atoms with van der Waals surface area (Å²) in [5.74, 6) is 1.54. The van der Waals surface area contributed by atoms with Crippen molar-refractivity contribution in [3.63, 3.8) is 0 Å². The highest BCUT2D eigenvalue weighted by Gasteiger charge is 2.11. The first kappa shape index (κ1) is 14.7. The number of hydrogen-bond acceptors (Lipinski definition) is 3. The van der Waals surface area contributed by atoms with Crippen LogP contribution in [0.5, 0.6) is 0 Å². The third-order valence-corrected chi connectivity index (χ3v) is 3.26. The summed E-state index contributed by atoms with van der Waals surface area (Å²) in [4.78, 5) is 4.34. The van der Waals surface area contributed by atoms with Crippen LogP contribution >= 0.6 is 0 Å². The summed E-state index contributed by atoms with van der Waals surface area (Å²) in [6.07, 6.45) is 3.26. The molecule has 0 saturated carbocycles. The first-order valence-electron chi connectivity index (χ1n) is 7.22. The predicted molar refractivity (Wildman–Crippen MR) is 81.4 cm³/mol. The lowest BCUT2D eigenvalue weighted by molar-refractivity contribution is 0.457. The Balaban J connectivity index is 1.98. The quantitative estimate of drug-likeness (QED) is 0.878. The van der Waals surface area contributed by atoms with E-state index in [1.54, 1.807) is 6.33 Å². The molecule has 0 aliphatic carbocycles. The number of aryl methyl sites for hydroxylation is 1. The largest absolute Gasteiger partial charge is 0.327 e. The van der Waals surface area contributed by atoms with Crippen molar-refractivity contribution in [1.29, 1.82) is 0 Å². The molecule has 20 heavy (non-hydrogen) atoms. The second kappa shape index (κ2) is 6.66. The van der Waals surface area contributed by atoms with Crippen molar-refractivity contribution in [3.8, 4) is 0 Å². The van der Waals surface area contributed by atoms with Gasteiger partial charge in [-0.2, -0.15) is 5.10 Å². The van der Waals surface area contributed by atoms with Crippen LogP contribution in [0.15, 0.2) is 30.6 Å². The molecule has 2 N–H and O–H groups in total. The molecular weight excluding hydrogens is 248 g/mol. The fourth-order valence-electron chi connectivity index (χ4n) is 2.39. The fourth-order valence-corrected chi connectivity index (χ4v) is 2.39. The zero-order chi connectivity index (χ0) is 14.5. The lowest BCUT2D eigenvalue weighted by Gasteiger charge is -2.13. The zero-order valence-electron chi connectivity index (χ0n) is 12.6. The molecule has 1 aromatic carbocycles. The van der Waals surface area contributed by atoms with Gasteiger partial charge in [0.15, 0.2) is 0 Å². The monoisotopic (exact) mass is 272 g/mol. The van der Waals surface area contributed by atoms with Crippen LogP contribution in [-0.2, 0) is 19.4 Å². The highest BCUT2D eigenvalue weighted by molar-refractivity contribution is 5.23. The van der Waals surface area contributed by atoms with Gasteiger partial charge >= 0.3 is 0 Å². The van der Waals surface area contributed by atoms with E-state index < -0.39 is 0 Å². The minimum atomic E-state index is 0.0758. The Morgan fingerprint density at radius 3 is 2.75 bits per heavy atom. The molecule has 1 aromatic heterocycles. The van der Waals surface area contributed by atoms with Gasteiger partial charge in [0, 0.05) is 19.0 Å². The van der Waals surface area contributed by atoms with Gasteiger partial charge in [-0.15, -0.1) is 0 Å². The van der Waals surface area contributed by atoms with E-state index in [-0.39, 0.29) is 6.04 Å². The van der Waals surface area contributed by atoms with Crippen LogP contribution in [0.25, 0.3) is 0 Å². The van der Waals surface area contributed by atoms with Crippen molar-refractivity contribution in [2.75, 3.05) is 0 Å². The third kappa shape index (κ3) is 4.17. The lowest BCUT2D eigenvalue weighted by Crippen LogP contribution is -2.27. The van der Waals surface area contributed by atoms with Crippen molar-refractivity contribution < 1.29 is 0 Å². The molecule has 0 saturated heterocycles. The minimum absolute atomic E-state index is 0.0758. The normalized spacial score (nSPS) is 12.8. The average Bonchev–Trinajstić information content (AvgIpc) is 2.75. The summed E-state index contributed by atoms with van der Waals surface area (Å²) in [6, 6.07) is 8.59. The first-order valence-corrected chi connectivity index (χ1v) is 7.22. The van der Waals surface area contributed by atoms with Crippen LogP contribution in [0.1, 0.15) is 30.8 Å². The minimum Gasteiger partial charge on any atom is -0.327 e. The van der Waals surface area contributed by atoms with Gasteiger partial charge in [0.1, 0.15) is 12.2 Å². The van der Waals surface area contributed by atoms with Gasteiger partial charge in [-0.25, -0.2) is 9.67 Å². The van der Waals surface area contributed by atoms with Crippen LogP contribution < -0.4 is 5.73 Å². The smallest absolute Gasteiger partial charge is 0.138 e. The Labute approximate surface area is 121 Å². The summed E-state index contributed by atoms with van der Waals surface area (Å²) >= 11 is 0. The standard InChI is InChI=1S/C16H24N4/c1-12(2)10-20-16(18-11-19-20)9-15(17)8-14-6-4-5-13(3)7-14/h4-7,11-12,15H,8-10,17H2,1-3H3. The number of nitrogens with two attached hydrogens (primary N) is 1. The van der Waals surface area contributed by atoms with E-state index in [0.717, 1.165) is 25.2 Å². The van der Waals surface area contributed by atoms with Crippen molar-refractivity contribution in [2.24, 2.45) is 11.7 Å². The van der Waals surface area contributed by atoms with Crippen molar-refractivity contribution in [3.05, 3.63) is 47.5 Å². The third-order valence-electron chi connectivity index (χ3n) is 3.26. The number of hydrogen-bond donors (Lipinski definition) is 1. The second-order valence-electron chi connectivity index (χ2n) is 5.91. The molecule has 0 fully saturated rings. The molecule has 4 heteroatoms. The molecule has 2 rings (SSSR count). The average molecular weight is 272 g/mol. The van der Waals surface area contributed by atoms with Gasteiger partial charge < -0.3 is 5.73 Å². The molecule has 0 radical (unpaired) electrons. The molecule has 0 aliphatic rings. The number of benzene rings is 1. The zero-order valence-corrected chi connectivity index (χ0v) is 12.6. The fraction of sp³-hybridized carbons (Fsp3) is 0.500. The van der Waals surface area contributed by atoms with E-state index in [0.29, 0.717) is 5.92 Å². The molecular formula is C16H24N4. The predicted octanol–water partition coefficient (Wildman–Crippen LogP) is 2.36. The van der Waals surface area contributed by atoms with Crippen LogP contribution in [-0.4, -0.2) is 20.8 Å². The molecule has 1 unspecified atom stereocenters. The molecule has 0 bridgehead atoms. The number of nitrogens with zero attached hydrogens (tertiary/aromatic N) is 3. The summed E-state index contributed by atoms with van der Waals surface area (Å²) in [7, 11) is 0. The Morgan fingerprint density at radius 1 is 1.25 bits per heavy atom. The second-order valence-corrected chi connectivity index (χ2v) is 5.91. The summed E-state index contributed by atoms with van der Waals surface area (Å²) < 4.78 is 1.97. The molecule has 108 valence electrons. The van der Waals surface area contributed by atoms with Gasteiger partial charge in [-0.05, 0) is 24.8 Å². The molecule has 0 spiro atoms. The maximum absolute atomic E-state index is 6.27.